The minimum absolute atomic E-state index is 0.0532. The Balaban J connectivity index is 0.000000501. The van der Waals surface area contributed by atoms with Gasteiger partial charge in [0.15, 0.2) is 0 Å². The molecule has 0 aromatic heterocycles. The molecule has 1 amide bonds. The quantitative estimate of drug-likeness (QED) is 0.534. The van der Waals surface area contributed by atoms with Crippen LogP contribution in [0.15, 0.2) is 30.4 Å². The summed E-state index contributed by atoms with van der Waals surface area (Å²) >= 11 is 0. The molecule has 2 N–H and O–H groups in total. The molecule has 1 heterocycles. The number of nitrogens with zero attached hydrogens (tertiary/aromatic N) is 2. The van der Waals surface area contributed by atoms with Crippen LogP contribution in [0.25, 0.3) is 0 Å². The lowest BCUT2D eigenvalue weighted by molar-refractivity contribution is -0.159. The number of amides is 1. The summed E-state index contributed by atoms with van der Waals surface area (Å²) in [5.41, 5.74) is 0.627. The molecule has 1 aromatic rings. The van der Waals surface area contributed by atoms with Crippen LogP contribution >= 0.6 is 0 Å². The van der Waals surface area contributed by atoms with Gasteiger partial charge in [-0.05, 0) is 37.3 Å². The van der Waals surface area contributed by atoms with Gasteiger partial charge in [-0.15, -0.1) is 0 Å². The highest BCUT2D eigenvalue weighted by atomic mass is 16.5. The maximum Gasteiger partial charge on any atom is 0.414 e. The van der Waals surface area contributed by atoms with Crippen molar-refractivity contribution in [3.63, 3.8) is 0 Å². The number of aliphatic carboxylic acids is 2. The minimum Gasteiger partial charge on any atom is -0.497 e. The summed E-state index contributed by atoms with van der Waals surface area (Å²) < 4.78 is 10.5. The van der Waals surface area contributed by atoms with E-state index in [9.17, 15) is 4.79 Å². The van der Waals surface area contributed by atoms with Gasteiger partial charge in [0.25, 0.3) is 5.91 Å². The second-order valence-corrected chi connectivity index (χ2v) is 7.45. The van der Waals surface area contributed by atoms with Crippen molar-refractivity contribution >= 4 is 17.8 Å². The van der Waals surface area contributed by atoms with Crippen LogP contribution < -0.4 is 9.47 Å². The molecule has 3 rings (SSSR count). The molecule has 1 unspecified atom stereocenters. The van der Waals surface area contributed by atoms with E-state index in [0.29, 0.717) is 17.1 Å². The second kappa shape index (κ2) is 11.9. The van der Waals surface area contributed by atoms with Crippen LogP contribution in [-0.4, -0.2) is 84.8 Å². The molecular weight excluding hydrogens is 404 g/mol. The predicted molar refractivity (Wildman–Crippen MR) is 114 cm³/mol. The van der Waals surface area contributed by atoms with Gasteiger partial charge in [-0.1, -0.05) is 12.2 Å². The maximum absolute atomic E-state index is 12.8. The van der Waals surface area contributed by atoms with E-state index in [4.69, 9.17) is 29.3 Å². The topological polar surface area (TPSA) is 117 Å². The van der Waals surface area contributed by atoms with Crippen molar-refractivity contribution in [2.24, 2.45) is 5.92 Å². The number of piperazine rings is 1. The molecule has 0 bridgehead atoms. The van der Waals surface area contributed by atoms with Gasteiger partial charge in [0, 0.05) is 44.4 Å². The number of hydrogen-bond donors (Lipinski definition) is 2. The maximum atomic E-state index is 12.8. The van der Waals surface area contributed by atoms with Crippen molar-refractivity contribution in [1.29, 1.82) is 0 Å². The number of carbonyl (C=O) groups excluding carboxylic acids is 1. The fraction of sp³-hybridized carbons (Fsp3) is 0.500. The Bertz CT molecular complexity index is 767. The SMILES string of the molecule is COc1cc(OC)cc(C(=O)N2CCN(CC3CC=CCC3)CC2)c1.O=C(O)C(=O)O. The number of allylic oxidation sites excluding steroid dienone is 2. The molecule has 0 spiro atoms. The number of rotatable bonds is 5. The third-order valence-corrected chi connectivity index (χ3v) is 5.33. The van der Waals surface area contributed by atoms with Crippen LogP contribution in [0.1, 0.15) is 29.6 Å². The first-order chi connectivity index (χ1) is 14.8. The fourth-order valence-corrected chi connectivity index (χ4v) is 3.63. The standard InChI is InChI=1S/C20H28N2O3.C2H2O4/c1-24-18-12-17(13-19(14-18)25-2)20(23)22-10-8-21(9-11-22)15-16-6-4-3-5-7-16;3-1(4)2(5)6/h3-4,12-14,16H,5-11,15H2,1-2H3;(H,3,4)(H,5,6). The summed E-state index contributed by atoms with van der Waals surface area (Å²) in [7, 11) is 3.20. The summed E-state index contributed by atoms with van der Waals surface area (Å²) in [4.78, 5) is 35.5. The Morgan fingerprint density at radius 1 is 0.935 bits per heavy atom. The van der Waals surface area contributed by atoms with E-state index in [1.165, 1.54) is 19.3 Å². The zero-order chi connectivity index (χ0) is 22.8. The molecule has 9 heteroatoms. The van der Waals surface area contributed by atoms with Crippen LogP contribution in [0.4, 0.5) is 0 Å². The molecular formula is C22H30N2O7. The van der Waals surface area contributed by atoms with Crippen molar-refractivity contribution < 1.29 is 34.1 Å². The third-order valence-electron chi connectivity index (χ3n) is 5.33. The van der Waals surface area contributed by atoms with Gasteiger partial charge >= 0.3 is 11.9 Å². The van der Waals surface area contributed by atoms with E-state index in [2.05, 4.69) is 17.1 Å². The Labute approximate surface area is 181 Å². The third kappa shape index (κ3) is 7.60. The zero-order valence-corrected chi connectivity index (χ0v) is 18.0. The molecule has 9 nitrogen and oxygen atoms in total. The molecule has 2 aliphatic rings. The van der Waals surface area contributed by atoms with Crippen LogP contribution in [0.5, 0.6) is 11.5 Å². The lowest BCUT2D eigenvalue weighted by Gasteiger charge is -2.36. The highest BCUT2D eigenvalue weighted by Gasteiger charge is 2.24. The molecule has 170 valence electrons. The first-order valence-electron chi connectivity index (χ1n) is 10.2. The van der Waals surface area contributed by atoms with Crippen molar-refractivity contribution in [3.8, 4) is 11.5 Å². The molecule has 1 aliphatic heterocycles. The number of hydrogen-bond acceptors (Lipinski definition) is 6. The Morgan fingerprint density at radius 2 is 1.52 bits per heavy atom. The summed E-state index contributed by atoms with van der Waals surface area (Å²) in [6, 6.07) is 5.35. The van der Waals surface area contributed by atoms with Crippen LogP contribution in [0.3, 0.4) is 0 Å². The normalized spacial score (nSPS) is 18.5. The highest BCUT2D eigenvalue weighted by Crippen LogP contribution is 2.24. The van der Waals surface area contributed by atoms with E-state index < -0.39 is 11.9 Å². The largest absolute Gasteiger partial charge is 0.497 e. The summed E-state index contributed by atoms with van der Waals surface area (Å²) in [6.07, 6.45) is 8.29. The molecule has 1 atom stereocenters. The van der Waals surface area contributed by atoms with Gasteiger partial charge in [0.05, 0.1) is 14.2 Å². The van der Waals surface area contributed by atoms with Crippen molar-refractivity contribution in [3.05, 3.63) is 35.9 Å². The molecule has 0 radical (unpaired) electrons. The molecule has 0 saturated carbocycles. The van der Waals surface area contributed by atoms with E-state index in [0.717, 1.165) is 38.6 Å². The van der Waals surface area contributed by atoms with Gasteiger partial charge in [-0.3, -0.25) is 9.69 Å². The summed E-state index contributed by atoms with van der Waals surface area (Å²) in [6.45, 7) is 4.61. The zero-order valence-electron chi connectivity index (χ0n) is 18.0. The molecule has 1 aromatic carbocycles. The van der Waals surface area contributed by atoms with E-state index in [-0.39, 0.29) is 5.91 Å². The van der Waals surface area contributed by atoms with Gasteiger partial charge in [-0.2, -0.15) is 0 Å². The Kier molecular flexibility index (Phi) is 9.33. The monoisotopic (exact) mass is 434 g/mol. The number of carboxylic acids is 2. The van der Waals surface area contributed by atoms with Crippen molar-refractivity contribution in [2.75, 3.05) is 46.9 Å². The lowest BCUT2D eigenvalue weighted by Crippen LogP contribution is -2.49. The van der Waals surface area contributed by atoms with Gasteiger partial charge in [0.2, 0.25) is 0 Å². The highest BCUT2D eigenvalue weighted by molar-refractivity contribution is 6.27. The first-order valence-corrected chi connectivity index (χ1v) is 10.2. The minimum atomic E-state index is -1.82. The summed E-state index contributed by atoms with van der Waals surface area (Å²) in [5, 5.41) is 14.8. The summed E-state index contributed by atoms with van der Waals surface area (Å²) in [5.74, 6) is -1.53. The predicted octanol–water partition coefficient (Wildman–Crippen LogP) is 1.97. The average molecular weight is 434 g/mol. The van der Waals surface area contributed by atoms with Crippen LogP contribution in [-0.2, 0) is 9.59 Å². The van der Waals surface area contributed by atoms with E-state index in [1.807, 2.05) is 4.90 Å². The van der Waals surface area contributed by atoms with E-state index in [1.54, 1.807) is 32.4 Å². The van der Waals surface area contributed by atoms with Gasteiger partial charge in [0.1, 0.15) is 11.5 Å². The average Bonchev–Trinajstić information content (AvgIpc) is 2.79. The molecule has 1 aliphatic carbocycles. The number of ether oxygens (including phenoxy) is 2. The fourth-order valence-electron chi connectivity index (χ4n) is 3.63. The number of carbonyl (C=O) groups is 3. The Morgan fingerprint density at radius 3 is 1.97 bits per heavy atom. The molecule has 1 fully saturated rings. The van der Waals surface area contributed by atoms with Gasteiger partial charge < -0.3 is 24.6 Å². The lowest BCUT2D eigenvalue weighted by atomic mass is 9.94. The smallest absolute Gasteiger partial charge is 0.414 e. The number of carboxylic acid groups (broad SMARTS) is 2. The number of benzene rings is 1. The van der Waals surface area contributed by atoms with Crippen LogP contribution in [0.2, 0.25) is 0 Å². The van der Waals surface area contributed by atoms with Crippen LogP contribution in [0, 0.1) is 5.92 Å². The first kappa shape index (κ1) is 24.2. The number of methoxy groups -OCH3 is 2. The molecule has 1 saturated heterocycles. The second-order valence-electron chi connectivity index (χ2n) is 7.45. The van der Waals surface area contributed by atoms with Gasteiger partial charge in [-0.25, -0.2) is 9.59 Å². The van der Waals surface area contributed by atoms with E-state index >= 15 is 0 Å². The Hall–Kier alpha value is -3.07. The molecule has 31 heavy (non-hydrogen) atoms. The van der Waals surface area contributed by atoms with Crippen molar-refractivity contribution in [1.82, 2.24) is 9.80 Å². The van der Waals surface area contributed by atoms with Crippen molar-refractivity contribution in [2.45, 2.75) is 19.3 Å².